The Hall–Kier alpha value is -3.51. The zero-order valence-corrected chi connectivity index (χ0v) is 46.3. The highest BCUT2D eigenvalue weighted by atomic mass is 32.2. The fourth-order valence-corrected chi connectivity index (χ4v) is 5.70. The van der Waals surface area contributed by atoms with Gasteiger partial charge in [0.1, 0.15) is 15.6 Å². The summed E-state index contributed by atoms with van der Waals surface area (Å²) in [6.45, 7) is 17.0. The van der Waals surface area contributed by atoms with Gasteiger partial charge >= 0.3 is 5.97 Å². The number of esters is 1. The van der Waals surface area contributed by atoms with Gasteiger partial charge in [-0.1, -0.05) is 6.42 Å². The minimum absolute atomic E-state index is 0.0230. The number of ketones is 1. The maximum Gasteiger partial charge on any atom is 0.307 e. The van der Waals surface area contributed by atoms with Crippen molar-refractivity contribution in [2.45, 2.75) is 72.1 Å². The summed E-state index contributed by atoms with van der Waals surface area (Å²) in [5.41, 5.74) is 0. The summed E-state index contributed by atoms with van der Waals surface area (Å²) in [4.78, 5) is 65.2. The lowest BCUT2D eigenvalue weighted by molar-refractivity contribution is -0.142. The number of methoxy groups -OCH3 is 1. The van der Waals surface area contributed by atoms with Gasteiger partial charge < -0.3 is 82.8 Å². The van der Waals surface area contributed by atoms with E-state index in [1.807, 2.05) is 0 Å². The van der Waals surface area contributed by atoms with Crippen molar-refractivity contribution in [1.82, 2.24) is 21.3 Å². The Kier molecular flexibility index (Phi) is 61.0. The maximum atomic E-state index is 11.7. The molecule has 0 atom stereocenters. The summed E-state index contributed by atoms with van der Waals surface area (Å²) in [6, 6.07) is 0. The number of unbranched alkanes of at least 4 members (excludes halogenated alkanes) is 2. The Bertz CT molecular complexity index is 1380. The number of rotatable bonds is 52. The van der Waals surface area contributed by atoms with E-state index < -0.39 is 9.84 Å². The van der Waals surface area contributed by atoms with E-state index in [4.69, 9.17) is 56.8 Å². The van der Waals surface area contributed by atoms with Crippen molar-refractivity contribution in [3.8, 4) is 0 Å². The summed E-state index contributed by atoms with van der Waals surface area (Å²) in [5.74, 6) is -0.130. The molecular formula is C48H94N4O21S. The topological polar surface area (TPSA) is 305 Å². The molecule has 4 amide bonds. The Balaban J connectivity index is -0.00000104. The van der Waals surface area contributed by atoms with Crippen molar-refractivity contribution in [3.05, 3.63) is 0 Å². The first-order chi connectivity index (χ1) is 35.6. The van der Waals surface area contributed by atoms with Crippen LogP contribution in [-0.4, -0.2) is 248 Å². The highest BCUT2D eigenvalue weighted by Gasteiger charge is 2.04. The monoisotopic (exact) mass is 1090 g/mol. The van der Waals surface area contributed by atoms with E-state index >= 15 is 0 Å². The van der Waals surface area contributed by atoms with Crippen LogP contribution in [0.15, 0.2) is 0 Å². The van der Waals surface area contributed by atoms with E-state index in [0.29, 0.717) is 204 Å². The fraction of sp³-hybridized carbons (Fsp3) is 0.875. The molecule has 0 saturated carbocycles. The molecule has 0 aromatic rings. The molecule has 4 N–H and O–H groups in total. The van der Waals surface area contributed by atoms with Gasteiger partial charge in [-0.05, 0) is 19.3 Å². The normalized spacial score (nSPS) is 10.9. The average molecular weight is 1100 g/mol. The van der Waals surface area contributed by atoms with Crippen LogP contribution in [0.5, 0.6) is 0 Å². The second-order valence-corrected chi connectivity index (χ2v) is 17.9. The van der Waals surface area contributed by atoms with Crippen molar-refractivity contribution in [2.75, 3.05) is 204 Å². The first-order valence-electron chi connectivity index (χ1n) is 25.3. The predicted octanol–water partition coefficient (Wildman–Crippen LogP) is 0.220. The molecule has 438 valence electrons. The van der Waals surface area contributed by atoms with Crippen LogP contribution in [-0.2, 0) is 100 Å². The van der Waals surface area contributed by atoms with Gasteiger partial charge in [-0.25, -0.2) is 8.42 Å². The van der Waals surface area contributed by atoms with E-state index in [1.54, 1.807) is 7.05 Å². The first kappa shape index (κ1) is 74.7. The number of amides is 4. The Morgan fingerprint density at radius 1 is 0.365 bits per heavy atom. The second-order valence-electron chi connectivity index (χ2n) is 15.6. The van der Waals surface area contributed by atoms with E-state index in [0.717, 1.165) is 19.3 Å². The van der Waals surface area contributed by atoms with Crippen molar-refractivity contribution in [3.63, 3.8) is 0 Å². The fourth-order valence-electron chi connectivity index (χ4n) is 5.05. The molecule has 0 aliphatic rings. The lowest BCUT2D eigenvalue weighted by Gasteiger charge is -2.07. The Labute approximate surface area is 440 Å². The molecule has 0 aliphatic heterocycles. The standard InChI is InChI=1S/C20H39NO8S.C14H28N2O6.C14H27NO7/c1-19(22)21-9-5-3-4-7-20(23)8-11-27-13-15-29-17-16-28-14-12-26-10-6-18-30(2,24)25;1-13(17)16-4-6-20-8-10-22-12-11-21-9-7-19-5-3-14(18)15-2;1-13(16)15-4-6-20-8-10-22-12-11-21-9-7-19-5-3-14(17)18-2/h3-18H2,1-2H3,(H,21,22);3-12H2,1-2H3,(H,15,18)(H,16,17);3-12H2,1-2H3,(H,15,16). The van der Waals surface area contributed by atoms with Crippen LogP contribution in [0, 0.1) is 0 Å². The van der Waals surface area contributed by atoms with E-state index in [1.165, 1.54) is 34.1 Å². The summed E-state index contributed by atoms with van der Waals surface area (Å²) < 4.78 is 89.8. The molecule has 0 spiro atoms. The summed E-state index contributed by atoms with van der Waals surface area (Å²) in [5, 5.41) is 10.5. The minimum atomic E-state index is -2.92. The van der Waals surface area contributed by atoms with Gasteiger partial charge in [0.2, 0.25) is 23.6 Å². The van der Waals surface area contributed by atoms with Crippen LogP contribution in [0.2, 0.25) is 0 Å². The summed E-state index contributed by atoms with van der Waals surface area (Å²) in [6.07, 6.45) is 5.95. The molecule has 26 heteroatoms. The van der Waals surface area contributed by atoms with Crippen LogP contribution in [0.1, 0.15) is 72.1 Å². The van der Waals surface area contributed by atoms with Gasteiger partial charge in [0, 0.05) is 79.6 Å². The Morgan fingerprint density at radius 2 is 0.689 bits per heavy atom. The molecule has 0 saturated heterocycles. The van der Waals surface area contributed by atoms with Crippen molar-refractivity contribution in [2.24, 2.45) is 0 Å². The highest BCUT2D eigenvalue weighted by molar-refractivity contribution is 7.90. The Morgan fingerprint density at radius 3 is 1.04 bits per heavy atom. The number of hydrogen-bond donors (Lipinski definition) is 4. The first-order valence-corrected chi connectivity index (χ1v) is 27.3. The third-order valence-corrected chi connectivity index (χ3v) is 9.88. The van der Waals surface area contributed by atoms with Gasteiger partial charge in [-0.15, -0.1) is 0 Å². The molecule has 0 rings (SSSR count). The van der Waals surface area contributed by atoms with Gasteiger partial charge in [0.15, 0.2) is 0 Å². The third kappa shape index (κ3) is 75.0. The second kappa shape index (κ2) is 60.4. The van der Waals surface area contributed by atoms with Gasteiger partial charge in [0.25, 0.3) is 0 Å². The van der Waals surface area contributed by atoms with E-state index in [-0.39, 0.29) is 47.6 Å². The molecule has 0 radical (unpaired) electrons. The van der Waals surface area contributed by atoms with E-state index in [9.17, 15) is 37.2 Å². The molecule has 0 aromatic carbocycles. The quantitative estimate of drug-likeness (QED) is 0.0468. The van der Waals surface area contributed by atoms with Crippen molar-refractivity contribution in [1.29, 1.82) is 0 Å². The number of ether oxygens (including phenoxy) is 13. The minimum Gasteiger partial charge on any atom is -0.469 e. The van der Waals surface area contributed by atoms with Crippen LogP contribution >= 0.6 is 0 Å². The largest absolute Gasteiger partial charge is 0.469 e. The van der Waals surface area contributed by atoms with Crippen LogP contribution < -0.4 is 21.3 Å². The molecule has 74 heavy (non-hydrogen) atoms. The molecule has 0 aliphatic carbocycles. The van der Waals surface area contributed by atoms with Gasteiger partial charge in [-0.3, -0.25) is 28.8 Å². The maximum absolute atomic E-state index is 11.7. The number of Topliss-reactive ketones (excluding diaryl/α,β-unsaturated/α-hetero) is 1. The zero-order valence-electron chi connectivity index (χ0n) is 45.4. The van der Waals surface area contributed by atoms with Crippen molar-refractivity contribution >= 4 is 45.2 Å². The van der Waals surface area contributed by atoms with Crippen LogP contribution in [0.4, 0.5) is 0 Å². The number of carbonyl (C=O) groups excluding carboxylic acids is 6. The van der Waals surface area contributed by atoms with Crippen LogP contribution in [0.3, 0.4) is 0 Å². The zero-order chi connectivity index (χ0) is 55.4. The van der Waals surface area contributed by atoms with Crippen LogP contribution in [0.25, 0.3) is 0 Å². The summed E-state index contributed by atoms with van der Waals surface area (Å²) in [7, 11) is 0.0243. The predicted molar refractivity (Wildman–Crippen MR) is 274 cm³/mol. The number of nitrogens with one attached hydrogen (secondary N) is 4. The molecule has 0 unspecified atom stereocenters. The molecule has 0 bridgehead atoms. The summed E-state index contributed by atoms with van der Waals surface area (Å²) >= 11 is 0. The lowest BCUT2D eigenvalue weighted by atomic mass is 10.1. The van der Waals surface area contributed by atoms with Crippen molar-refractivity contribution < 1.29 is 98.8 Å². The smallest absolute Gasteiger partial charge is 0.307 e. The number of carbonyl (C=O) groups is 6. The highest BCUT2D eigenvalue weighted by Crippen LogP contribution is 2.02. The SMILES string of the molecule is CC(=O)NCCCCCC(=O)CCOCCOCCOCCOCCCS(C)(=O)=O.CNC(=O)CCOCCOCCOCCOCCNC(C)=O.COC(=O)CCOCCOCCOCCOCCNC(C)=O. The average Bonchev–Trinajstić information content (AvgIpc) is 3.35. The van der Waals surface area contributed by atoms with Gasteiger partial charge in [0.05, 0.1) is 171 Å². The lowest BCUT2D eigenvalue weighted by Crippen LogP contribution is -2.25. The van der Waals surface area contributed by atoms with E-state index in [2.05, 4.69) is 26.0 Å². The number of hydrogen-bond acceptors (Lipinski definition) is 21. The molecule has 0 aromatic heterocycles. The molecular weight excluding hydrogens is 1000 g/mol. The molecule has 25 nitrogen and oxygen atoms in total. The third-order valence-electron chi connectivity index (χ3n) is 8.85. The molecule has 0 heterocycles. The molecule has 0 fully saturated rings. The number of sulfone groups is 1. The van der Waals surface area contributed by atoms with Gasteiger partial charge in [-0.2, -0.15) is 0 Å².